The fraction of sp³-hybridized carbons (Fsp3) is 0. The Kier molecular flexibility index (Phi) is 4.31. The number of aliphatic imine (C=N–C) groups is 1. The molecule has 0 saturated carbocycles. The average molecular weight is 343 g/mol. The van der Waals surface area contributed by atoms with Crippen molar-refractivity contribution in [2.75, 3.05) is 0 Å². The number of aromatic nitrogens is 1. The number of carboxylic acid groups (broad SMARTS) is 1. The highest BCUT2D eigenvalue weighted by Crippen LogP contribution is 2.25. The number of aromatic carboxylic acids is 1. The van der Waals surface area contributed by atoms with Crippen molar-refractivity contribution < 1.29 is 14.4 Å². The maximum absolute atomic E-state index is 11.9. The fourth-order valence-electron chi connectivity index (χ4n) is 2.17. The van der Waals surface area contributed by atoms with Crippen LogP contribution < -0.4 is 5.63 Å². The molecule has 3 rings (SSSR count). The molecule has 0 bridgehead atoms. The third-order valence-corrected chi connectivity index (χ3v) is 3.56. The molecular formula is C17H11ClN2O4. The first kappa shape index (κ1) is 15.8. The van der Waals surface area contributed by atoms with Gasteiger partial charge in [0.2, 0.25) is 0 Å². The predicted molar refractivity (Wildman–Crippen MR) is 90.4 cm³/mol. The number of benzene rings is 2. The summed E-state index contributed by atoms with van der Waals surface area (Å²) in [6, 6.07) is 13.3. The molecular weight excluding hydrogens is 332 g/mol. The maximum atomic E-state index is 11.9. The van der Waals surface area contributed by atoms with Gasteiger partial charge in [-0.15, -0.1) is 0 Å². The van der Waals surface area contributed by atoms with Crippen molar-refractivity contribution in [3.8, 4) is 11.3 Å². The van der Waals surface area contributed by atoms with Crippen molar-refractivity contribution in [1.82, 2.24) is 5.16 Å². The number of hydrogen-bond donors (Lipinski definition) is 2. The van der Waals surface area contributed by atoms with E-state index < -0.39 is 11.6 Å². The molecule has 0 unspecified atom stereocenters. The van der Waals surface area contributed by atoms with E-state index in [1.807, 2.05) is 18.2 Å². The van der Waals surface area contributed by atoms with Gasteiger partial charge < -0.3 is 9.63 Å². The van der Waals surface area contributed by atoms with E-state index in [1.54, 1.807) is 12.1 Å². The number of H-pyrrole nitrogens is 1. The Balaban J connectivity index is 2.06. The summed E-state index contributed by atoms with van der Waals surface area (Å²) in [5.74, 6) is -1.14. The van der Waals surface area contributed by atoms with Crippen LogP contribution in [0.25, 0.3) is 11.3 Å². The van der Waals surface area contributed by atoms with Crippen molar-refractivity contribution >= 4 is 29.5 Å². The Morgan fingerprint density at radius 1 is 1.21 bits per heavy atom. The predicted octanol–water partition coefficient (Wildman–Crippen LogP) is 3.74. The number of hydrogen-bond acceptors (Lipinski definition) is 4. The number of nitrogens with zero attached hydrogens (tertiary/aromatic N) is 1. The normalized spacial score (nSPS) is 11.0. The molecule has 3 aromatic rings. The van der Waals surface area contributed by atoms with Crippen LogP contribution in [0.1, 0.15) is 15.9 Å². The first-order valence-electron chi connectivity index (χ1n) is 6.90. The molecule has 0 amide bonds. The zero-order valence-electron chi connectivity index (χ0n) is 12.2. The molecule has 0 atom stereocenters. The molecule has 0 fully saturated rings. The zero-order chi connectivity index (χ0) is 17.1. The van der Waals surface area contributed by atoms with Crippen LogP contribution in [0.5, 0.6) is 0 Å². The van der Waals surface area contributed by atoms with Crippen molar-refractivity contribution in [3.05, 3.63) is 75.1 Å². The van der Waals surface area contributed by atoms with Crippen molar-refractivity contribution in [1.29, 1.82) is 0 Å². The molecule has 0 aliphatic rings. The Morgan fingerprint density at radius 2 is 1.96 bits per heavy atom. The Morgan fingerprint density at radius 3 is 2.67 bits per heavy atom. The average Bonchev–Trinajstić information content (AvgIpc) is 2.94. The maximum Gasteiger partial charge on any atom is 0.366 e. The summed E-state index contributed by atoms with van der Waals surface area (Å²) in [6.45, 7) is 0. The summed E-state index contributed by atoms with van der Waals surface area (Å²) in [7, 11) is 0. The highest BCUT2D eigenvalue weighted by molar-refractivity contribution is 6.31. The molecule has 2 aromatic carbocycles. The van der Waals surface area contributed by atoms with Crippen LogP contribution in [0.15, 0.2) is 62.8 Å². The van der Waals surface area contributed by atoms with E-state index in [2.05, 4.69) is 10.1 Å². The molecule has 2 N–H and O–H groups in total. The van der Waals surface area contributed by atoms with E-state index in [0.717, 1.165) is 5.56 Å². The quantitative estimate of drug-likeness (QED) is 0.706. The van der Waals surface area contributed by atoms with Gasteiger partial charge in [0.05, 0.1) is 16.9 Å². The summed E-state index contributed by atoms with van der Waals surface area (Å²) >= 11 is 5.89. The molecule has 24 heavy (non-hydrogen) atoms. The minimum Gasteiger partial charge on any atom is -0.478 e. The minimum atomic E-state index is -1.14. The third kappa shape index (κ3) is 3.13. The monoisotopic (exact) mass is 342 g/mol. The second kappa shape index (κ2) is 6.55. The first-order chi connectivity index (χ1) is 11.6. The van der Waals surface area contributed by atoms with Gasteiger partial charge in [-0.2, -0.15) is 0 Å². The van der Waals surface area contributed by atoms with Gasteiger partial charge in [0, 0.05) is 16.8 Å². The molecule has 1 aromatic heterocycles. The molecule has 0 spiro atoms. The van der Waals surface area contributed by atoms with Crippen LogP contribution in [0.3, 0.4) is 0 Å². The van der Waals surface area contributed by atoms with Gasteiger partial charge in [0.25, 0.3) is 0 Å². The number of carbonyl (C=O) groups is 1. The van der Waals surface area contributed by atoms with Gasteiger partial charge in [-0.3, -0.25) is 4.99 Å². The Labute approximate surface area is 141 Å². The van der Waals surface area contributed by atoms with Crippen LogP contribution in [-0.2, 0) is 0 Å². The van der Waals surface area contributed by atoms with Gasteiger partial charge in [0.15, 0.2) is 0 Å². The molecule has 6 nitrogen and oxygen atoms in total. The highest BCUT2D eigenvalue weighted by atomic mass is 35.5. The minimum absolute atomic E-state index is 0.0168. The van der Waals surface area contributed by atoms with Crippen LogP contribution >= 0.6 is 11.6 Å². The summed E-state index contributed by atoms with van der Waals surface area (Å²) in [5, 5.41) is 12.1. The third-order valence-electron chi connectivity index (χ3n) is 3.32. The van der Waals surface area contributed by atoms with Gasteiger partial charge in [-0.25, -0.2) is 14.7 Å². The van der Waals surface area contributed by atoms with Crippen molar-refractivity contribution in [2.24, 2.45) is 4.99 Å². The van der Waals surface area contributed by atoms with Crippen LogP contribution in [0, 0.1) is 0 Å². The van der Waals surface area contributed by atoms with Crippen molar-refractivity contribution in [2.45, 2.75) is 0 Å². The van der Waals surface area contributed by atoms with Crippen LogP contribution in [-0.4, -0.2) is 22.4 Å². The van der Waals surface area contributed by atoms with Gasteiger partial charge in [-0.1, -0.05) is 41.9 Å². The molecule has 120 valence electrons. The zero-order valence-corrected chi connectivity index (χ0v) is 12.9. The lowest BCUT2D eigenvalue weighted by Gasteiger charge is -2.01. The van der Waals surface area contributed by atoms with Gasteiger partial charge in [0.1, 0.15) is 5.56 Å². The van der Waals surface area contributed by atoms with E-state index >= 15 is 0 Å². The second-order valence-electron chi connectivity index (χ2n) is 4.87. The van der Waals surface area contributed by atoms with Gasteiger partial charge >= 0.3 is 11.6 Å². The Hall–Kier alpha value is -3.12. The smallest absolute Gasteiger partial charge is 0.366 e. The standard InChI is InChI=1S/C17H11ClN2O4/c18-11-6-7-12(16(21)22)14(8-11)19-9-13-15(20-24-17(13)23)10-4-2-1-3-5-10/h1-9,20H,(H,21,22). The molecule has 1 heterocycles. The summed E-state index contributed by atoms with van der Waals surface area (Å²) in [6.07, 6.45) is 1.27. The summed E-state index contributed by atoms with van der Waals surface area (Å²) in [5.41, 5.74) is 0.929. The summed E-state index contributed by atoms with van der Waals surface area (Å²) < 4.78 is 4.83. The van der Waals surface area contributed by atoms with E-state index in [4.69, 9.17) is 16.1 Å². The van der Waals surface area contributed by atoms with Crippen molar-refractivity contribution in [3.63, 3.8) is 0 Å². The topological polar surface area (TPSA) is 95.7 Å². The first-order valence-corrected chi connectivity index (χ1v) is 7.28. The van der Waals surface area contributed by atoms with E-state index in [9.17, 15) is 14.7 Å². The highest BCUT2D eigenvalue weighted by Gasteiger charge is 2.13. The SMILES string of the molecule is O=C(O)c1ccc(Cl)cc1N=Cc1c(-c2ccccc2)[nH]oc1=O. The van der Waals surface area contributed by atoms with E-state index in [0.29, 0.717) is 10.7 Å². The fourth-order valence-corrected chi connectivity index (χ4v) is 2.34. The van der Waals surface area contributed by atoms with Crippen LogP contribution in [0.4, 0.5) is 5.69 Å². The molecule has 0 aliphatic heterocycles. The number of carboxylic acids is 1. The van der Waals surface area contributed by atoms with Crippen LogP contribution in [0.2, 0.25) is 5.02 Å². The lowest BCUT2D eigenvalue weighted by molar-refractivity contribution is 0.0698. The number of rotatable bonds is 4. The molecule has 7 heteroatoms. The number of halogens is 1. The second-order valence-corrected chi connectivity index (χ2v) is 5.31. The van der Waals surface area contributed by atoms with E-state index in [-0.39, 0.29) is 16.8 Å². The number of aromatic amines is 1. The summed E-state index contributed by atoms with van der Waals surface area (Å²) in [4.78, 5) is 27.2. The van der Waals surface area contributed by atoms with Gasteiger partial charge in [-0.05, 0) is 18.2 Å². The molecule has 0 aliphatic carbocycles. The number of nitrogens with one attached hydrogen (secondary N) is 1. The van der Waals surface area contributed by atoms with E-state index in [1.165, 1.54) is 24.4 Å². The lowest BCUT2D eigenvalue weighted by Crippen LogP contribution is -2.02. The largest absolute Gasteiger partial charge is 0.478 e. The Bertz CT molecular complexity index is 974. The molecule has 0 saturated heterocycles. The molecule has 0 radical (unpaired) electrons. The lowest BCUT2D eigenvalue weighted by atomic mass is 10.1.